The zero-order valence-corrected chi connectivity index (χ0v) is 22.8. The Morgan fingerprint density at radius 3 is 2.48 bits per heavy atom. The molecule has 190 valence electrons. The smallest absolute Gasteiger partial charge is 0.325 e. The maximum atomic E-state index is 11.9. The van der Waals surface area contributed by atoms with E-state index < -0.39 is 7.60 Å². The van der Waals surface area contributed by atoms with E-state index in [4.69, 9.17) is 4.52 Å². The number of rotatable bonds is 7. The van der Waals surface area contributed by atoms with E-state index in [1.807, 2.05) is 0 Å². The molecule has 0 radical (unpaired) electrons. The fourth-order valence-electron chi connectivity index (χ4n) is 9.00. The van der Waals surface area contributed by atoms with Crippen molar-refractivity contribution in [3.8, 4) is 0 Å². The zero-order valence-electron chi connectivity index (χ0n) is 21.9. The summed E-state index contributed by atoms with van der Waals surface area (Å²) in [7, 11) is -3.46. The van der Waals surface area contributed by atoms with Gasteiger partial charge in [0.2, 0.25) is 0 Å². The zero-order chi connectivity index (χ0) is 24.2. The number of aliphatic hydroxyl groups excluding tert-OH is 1. The molecule has 10 atom stereocenters. The van der Waals surface area contributed by atoms with E-state index in [0.717, 1.165) is 55.8 Å². The van der Waals surface area contributed by atoms with Gasteiger partial charge in [-0.3, -0.25) is 4.57 Å². The van der Waals surface area contributed by atoms with E-state index in [1.165, 1.54) is 38.8 Å². The van der Waals surface area contributed by atoms with Crippen molar-refractivity contribution in [1.29, 1.82) is 0 Å². The number of hydrogen-bond donors (Lipinski definition) is 2. The van der Waals surface area contributed by atoms with Gasteiger partial charge in [0.05, 0.1) is 12.2 Å². The Kier molecular flexibility index (Phi) is 7.37. The molecule has 3 saturated carbocycles. The molecule has 0 saturated heterocycles. The molecule has 4 aliphatic rings. The predicted octanol–water partition coefficient (Wildman–Crippen LogP) is 7.20. The Morgan fingerprint density at radius 1 is 1.09 bits per heavy atom. The summed E-state index contributed by atoms with van der Waals surface area (Å²) in [4.78, 5) is 9.75. The maximum Gasteiger partial charge on any atom is 0.325 e. The minimum Gasteiger partial charge on any atom is -0.393 e. The highest BCUT2D eigenvalue weighted by Gasteiger charge is 2.59. The second-order valence-corrected chi connectivity index (χ2v) is 14.9. The molecule has 0 heterocycles. The van der Waals surface area contributed by atoms with Gasteiger partial charge >= 0.3 is 7.60 Å². The van der Waals surface area contributed by atoms with Crippen molar-refractivity contribution in [1.82, 2.24) is 0 Å². The lowest BCUT2D eigenvalue weighted by atomic mass is 9.47. The van der Waals surface area contributed by atoms with Gasteiger partial charge in [0.25, 0.3) is 0 Å². The van der Waals surface area contributed by atoms with Crippen LogP contribution in [-0.2, 0) is 9.09 Å². The summed E-state index contributed by atoms with van der Waals surface area (Å²) in [6.07, 6.45) is 13.8. The van der Waals surface area contributed by atoms with Gasteiger partial charge in [0.1, 0.15) is 0 Å². The Hall–Kier alpha value is -0.150. The van der Waals surface area contributed by atoms with Crippen molar-refractivity contribution in [3.63, 3.8) is 0 Å². The summed E-state index contributed by atoms with van der Waals surface area (Å²) in [5.74, 6) is 4.02. The summed E-state index contributed by atoms with van der Waals surface area (Å²) in [5, 5.41) is 10.3. The third-order valence-corrected chi connectivity index (χ3v) is 11.5. The second kappa shape index (κ2) is 9.38. The molecule has 4 rings (SSSR count). The fourth-order valence-corrected chi connectivity index (χ4v) is 9.86. The molecule has 0 aromatic heterocycles. The average molecular weight is 481 g/mol. The molecule has 4 aliphatic carbocycles. The lowest BCUT2D eigenvalue weighted by molar-refractivity contribution is -0.0578. The topological polar surface area (TPSA) is 66.8 Å². The molecule has 0 spiro atoms. The molecule has 5 heteroatoms. The lowest BCUT2D eigenvalue weighted by Gasteiger charge is -2.58. The van der Waals surface area contributed by atoms with Crippen molar-refractivity contribution in [2.75, 3.05) is 6.66 Å². The Balaban J connectivity index is 1.45. The maximum absolute atomic E-state index is 11.9. The van der Waals surface area contributed by atoms with Crippen LogP contribution in [0.15, 0.2) is 11.6 Å². The summed E-state index contributed by atoms with van der Waals surface area (Å²) in [6, 6.07) is 0. The summed E-state index contributed by atoms with van der Waals surface area (Å²) in [6.45, 7) is 13.0. The van der Waals surface area contributed by atoms with Crippen LogP contribution in [0.25, 0.3) is 0 Å². The Labute approximate surface area is 202 Å². The third-order valence-electron chi connectivity index (χ3n) is 10.8. The highest BCUT2D eigenvalue weighted by molar-refractivity contribution is 7.51. The van der Waals surface area contributed by atoms with Crippen molar-refractivity contribution < 1.29 is 19.1 Å². The lowest BCUT2D eigenvalue weighted by Crippen LogP contribution is -2.50. The first-order valence-corrected chi connectivity index (χ1v) is 15.7. The first-order chi connectivity index (χ1) is 15.3. The van der Waals surface area contributed by atoms with Crippen LogP contribution in [0.1, 0.15) is 98.8 Å². The van der Waals surface area contributed by atoms with Gasteiger partial charge < -0.3 is 14.5 Å². The molecule has 0 aliphatic heterocycles. The van der Waals surface area contributed by atoms with Gasteiger partial charge in [-0.05, 0) is 111 Å². The molecule has 2 N–H and O–H groups in total. The largest absolute Gasteiger partial charge is 0.393 e. The molecule has 1 unspecified atom stereocenters. The standard InChI is InChI=1S/C28H49O4P/c1-18(2)26(32-33(6,30)31)12-7-19(3)23-10-11-24-22-9-8-20-17-21(29)13-15-27(20,4)25(22)14-16-28(23,24)5/h8,18-19,21-26,29H,7,9-17H2,1-6H3,(H,30,31)/t19-,21+,22+,23-,24+,25+,26+,27+,28-/m1/s1. The molecule has 4 nitrogen and oxygen atoms in total. The molecular formula is C28H49O4P. The van der Waals surface area contributed by atoms with E-state index in [2.05, 4.69) is 40.7 Å². The van der Waals surface area contributed by atoms with Crippen LogP contribution < -0.4 is 0 Å². The molecule has 0 aromatic rings. The first kappa shape index (κ1) is 25.9. The second-order valence-electron chi connectivity index (χ2n) is 13.1. The summed E-state index contributed by atoms with van der Waals surface area (Å²) in [5.41, 5.74) is 2.29. The van der Waals surface area contributed by atoms with Gasteiger partial charge in [-0.1, -0.05) is 46.3 Å². The number of fused-ring (bicyclic) bond motifs is 5. The van der Waals surface area contributed by atoms with Crippen LogP contribution in [0.2, 0.25) is 0 Å². The van der Waals surface area contributed by atoms with E-state index in [0.29, 0.717) is 16.7 Å². The molecule has 3 fully saturated rings. The first-order valence-electron chi connectivity index (χ1n) is 13.7. The Morgan fingerprint density at radius 2 is 1.82 bits per heavy atom. The van der Waals surface area contributed by atoms with E-state index in [-0.39, 0.29) is 18.1 Å². The number of aliphatic hydroxyl groups is 1. The summed E-state index contributed by atoms with van der Waals surface area (Å²) < 4.78 is 17.4. The van der Waals surface area contributed by atoms with Gasteiger partial charge in [0, 0.05) is 6.66 Å². The number of allylic oxidation sites excluding steroid dienone is 1. The molecule has 0 bridgehead atoms. The van der Waals surface area contributed by atoms with Gasteiger partial charge in [0.15, 0.2) is 0 Å². The van der Waals surface area contributed by atoms with Crippen LogP contribution in [-0.4, -0.2) is 28.9 Å². The third kappa shape index (κ3) is 4.93. The SMILES string of the molecule is CC(C)[C@H](CC[C@@H](C)[C@H]1CC[C@H]2[C@@H]3CC=C4C[C@@H](O)CC[C@]4(C)[C@H]3CC[C@]12C)OP(C)(=O)O. The molecule has 0 amide bonds. The fraction of sp³-hybridized carbons (Fsp3) is 0.929. The van der Waals surface area contributed by atoms with Gasteiger partial charge in [-0.15, -0.1) is 0 Å². The molecule has 33 heavy (non-hydrogen) atoms. The molecule has 0 aromatic carbocycles. The van der Waals surface area contributed by atoms with Crippen LogP contribution in [0.5, 0.6) is 0 Å². The monoisotopic (exact) mass is 480 g/mol. The van der Waals surface area contributed by atoms with Gasteiger partial charge in [-0.25, -0.2) is 0 Å². The van der Waals surface area contributed by atoms with Crippen LogP contribution in [0, 0.1) is 46.3 Å². The quantitative estimate of drug-likeness (QED) is 0.299. The van der Waals surface area contributed by atoms with E-state index in [1.54, 1.807) is 5.57 Å². The average Bonchev–Trinajstić information content (AvgIpc) is 3.07. The number of hydrogen-bond acceptors (Lipinski definition) is 3. The van der Waals surface area contributed by atoms with Gasteiger partial charge in [-0.2, -0.15) is 0 Å². The highest BCUT2D eigenvalue weighted by Crippen LogP contribution is 2.67. The predicted molar refractivity (Wildman–Crippen MR) is 135 cm³/mol. The Bertz CT molecular complexity index is 787. The van der Waals surface area contributed by atoms with Crippen LogP contribution in [0.4, 0.5) is 0 Å². The van der Waals surface area contributed by atoms with Crippen LogP contribution >= 0.6 is 7.60 Å². The van der Waals surface area contributed by atoms with Crippen molar-refractivity contribution >= 4 is 7.60 Å². The highest BCUT2D eigenvalue weighted by atomic mass is 31.2. The van der Waals surface area contributed by atoms with E-state index in [9.17, 15) is 14.6 Å². The summed E-state index contributed by atoms with van der Waals surface area (Å²) >= 11 is 0. The van der Waals surface area contributed by atoms with E-state index >= 15 is 0 Å². The van der Waals surface area contributed by atoms with Crippen molar-refractivity contribution in [2.24, 2.45) is 46.3 Å². The normalized spacial score (nSPS) is 44.3. The van der Waals surface area contributed by atoms with Crippen LogP contribution in [0.3, 0.4) is 0 Å². The van der Waals surface area contributed by atoms with Crippen molar-refractivity contribution in [2.45, 2.75) is 111 Å². The minimum atomic E-state index is -3.46. The molecular weight excluding hydrogens is 431 g/mol. The minimum absolute atomic E-state index is 0.127. The van der Waals surface area contributed by atoms with Crippen molar-refractivity contribution in [3.05, 3.63) is 11.6 Å².